The van der Waals surface area contributed by atoms with E-state index < -0.39 is 0 Å². The predicted molar refractivity (Wildman–Crippen MR) is 87.5 cm³/mol. The van der Waals surface area contributed by atoms with Crippen molar-refractivity contribution in [3.05, 3.63) is 59.7 Å². The number of benzene rings is 1. The molecule has 0 atom stereocenters. The fourth-order valence-electron chi connectivity index (χ4n) is 1.87. The van der Waals surface area contributed by atoms with E-state index >= 15 is 0 Å². The number of anilines is 1. The van der Waals surface area contributed by atoms with Gasteiger partial charge >= 0.3 is 0 Å². The van der Waals surface area contributed by atoms with Crippen LogP contribution >= 0.6 is 0 Å². The Hall–Kier alpha value is -2.78. The van der Waals surface area contributed by atoms with Crippen molar-refractivity contribution < 1.29 is 0 Å². The second-order valence-electron chi connectivity index (χ2n) is 4.31. The molecule has 0 unspecified atom stereocenters. The number of allylic oxidation sites excluding steroid dienone is 5. The van der Waals surface area contributed by atoms with Crippen molar-refractivity contribution >= 4 is 11.8 Å². The van der Waals surface area contributed by atoms with Crippen LogP contribution in [0.15, 0.2) is 54.1 Å². The van der Waals surface area contributed by atoms with Crippen LogP contribution < -0.4 is 4.90 Å². The van der Waals surface area contributed by atoms with Crippen molar-refractivity contribution in [3.8, 4) is 12.1 Å². The van der Waals surface area contributed by atoms with Crippen LogP contribution in [0.3, 0.4) is 0 Å². The lowest BCUT2D eigenvalue weighted by atomic mass is 10.1. The number of nitriles is 2. The summed E-state index contributed by atoms with van der Waals surface area (Å²) in [4.78, 5) is 2.30. The van der Waals surface area contributed by atoms with Crippen molar-refractivity contribution in [2.75, 3.05) is 18.0 Å². The standard InChI is InChI=1S/C18H19N3/c1-3-21(4-2)18-12-10-16(11-13-18)8-6-5-7-9-17(14-19)15-20/h5-13H,3-4H2,1-2H3. The first-order chi connectivity index (χ1) is 10.2. The molecule has 1 aromatic rings. The summed E-state index contributed by atoms with van der Waals surface area (Å²) in [5.74, 6) is 0. The Morgan fingerprint density at radius 1 is 1.00 bits per heavy atom. The quantitative estimate of drug-likeness (QED) is 0.581. The Bertz CT molecular complexity index is 587. The molecule has 0 heterocycles. The van der Waals surface area contributed by atoms with Gasteiger partial charge in [-0.25, -0.2) is 0 Å². The van der Waals surface area contributed by atoms with E-state index in [0.29, 0.717) is 0 Å². The average molecular weight is 277 g/mol. The van der Waals surface area contributed by atoms with E-state index in [-0.39, 0.29) is 5.57 Å². The van der Waals surface area contributed by atoms with Gasteiger partial charge in [0.15, 0.2) is 0 Å². The maximum Gasteiger partial charge on any atom is 0.129 e. The highest BCUT2D eigenvalue weighted by atomic mass is 15.1. The van der Waals surface area contributed by atoms with Gasteiger partial charge < -0.3 is 4.90 Å². The fourth-order valence-corrected chi connectivity index (χ4v) is 1.87. The molecule has 0 aliphatic heterocycles. The minimum atomic E-state index is 0.100. The maximum atomic E-state index is 8.58. The van der Waals surface area contributed by atoms with Gasteiger partial charge in [0, 0.05) is 18.8 Å². The van der Waals surface area contributed by atoms with E-state index in [0.717, 1.165) is 18.7 Å². The third-order valence-corrected chi connectivity index (χ3v) is 3.04. The molecule has 0 saturated carbocycles. The molecule has 1 aromatic carbocycles. The Morgan fingerprint density at radius 3 is 2.14 bits per heavy atom. The zero-order valence-electron chi connectivity index (χ0n) is 12.5. The summed E-state index contributed by atoms with van der Waals surface area (Å²) in [6.07, 6.45) is 8.84. The largest absolute Gasteiger partial charge is 0.372 e. The van der Waals surface area contributed by atoms with Gasteiger partial charge in [0.2, 0.25) is 0 Å². The number of nitrogens with zero attached hydrogens (tertiary/aromatic N) is 3. The Morgan fingerprint density at radius 2 is 1.62 bits per heavy atom. The van der Waals surface area contributed by atoms with Gasteiger partial charge in [0.05, 0.1) is 0 Å². The topological polar surface area (TPSA) is 50.8 Å². The summed E-state index contributed by atoms with van der Waals surface area (Å²) in [6, 6.07) is 12.0. The molecular weight excluding hydrogens is 258 g/mol. The van der Waals surface area contributed by atoms with Crippen LogP contribution in [0, 0.1) is 22.7 Å². The Kier molecular flexibility index (Phi) is 7.11. The van der Waals surface area contributed by atoms with E-state index in [2.05, 4.69) is 43.0 Å². The van der Waals surface area contributed by atoms with E-state index in [1.54, 1.807) is 12.2 Å². The molecule has 0 spiro atoms. The van der Waals surface area contributed by atoms with Crippen molar-refractivity contribution in [2.24, 2.45) is 0 Å². The summed E-state index contributed by atoms with van der Waals surface area (Å²) in [5, 5.41) is 17.2. The minimum Gasteiger partial charge on any atom is -0.372 e. The van der Waals surface area contributed by atoms with Gasteiger partial charge in [0.25, 0.3) is 0 Å². The van der Waals surface area contributed by atoms with Gasteiger partial charge in [0.1, 0.15) is 17.7 Å². The molecule has 0 amide bonds. The molecule has 0 fully saturated rings. The first kappa shape index (κ1) is 16.3. The van der Waals surface area contributed by atoms with Crippen LogP contribution in [-0.4, -0.2) is 13.1 Å². The first-order valence-corrected chi connectivity index (χ1v) is 6.95. The SMILES string of the molecule is CCN(CC)c1ccc(C=CC=CC=C(C#N)C#N)cc1. The van der Waals surface area contributed by atoms with E-state index in [1.165, 1.54) is 11.8 Å². The van der Waals surface area contributed by atoms with Gasteiger partial charge in [-0.2, -0.15) is 10.5 Å². The lowest BCUT2D eigenvalue weighted by Gasteiger charge is -2.20. The van der Waals surface area contributed by atoms with Gasteiger partial charge in [-0.3, -0.25) is 0 Å². The Labute approximate surface area is 126 Å². The van der Waals surface area contributed by atoms with E-state index in [4.69, 9.17) is 10.5 Å². The molecule has 0 radical (unpaired) electrons. The highest BCUT2D eigenvalue weighted by Crippen LogP contribution is 2.15. The van der Waals surface area contributed by atoms with Gasteiger partial charge in [-0.05, 0) is 37.6 Å². The zero-order chi connectivity index (χ0) is 15.5. The summed E-state index contributed by atoms with van der Waals surface area (Å²) in [7, 11) is 0. The number of hydrogen-bond donors (Lipinski definition) is 0. The number of rotatable bonds is 6. The van der Waals surface area contributed by atoms with Crippen molar-refractivity contribution in [1.29, 1.82) is 10.5 Å². The molecule has 0 saturated heterocycles. The molecular formula is C18H19N3. The summed E-state index contributed by atoms with van der Waals surface area (Å²) < 4.78 is 0. The van der Waals surface area contributed by atoms with Crippen LogP contribution in [0.25, 0.3) is 6.08 Å². The van der Waals surface area contributed by atoms with Crippen molar-refractivity contribution in [3.63, 3.8) is 0 Å². The highest BCUT2D eigenvalue weighted by molar-refractivity contribution is 5.57. The van der Waals surface area contributed by atoms with Gasteiger partial charge in [-0.15, -0.1) is 0 Å². The van der Waals surface area contributed by atoms with E-state index in [9.17, 15) is 0 Å². The molecule has 3 heteroatoms. The zero-order valence-corrected chi connectivity index (χ0v) is 12.5. The van der Waals surface area contributed by atoms with Crippen LogP contribution in [0.2, 0.25) is 0 Å². The van der Waals surface area contributed by atoms with Gasteiger partial charge in [-0.1, -0.05) is 36.4 Å². The van der Waals surface area contributed by atoms with Crippen molar-refractivity contribution in [1.82, 2.24) is 0 Å². The monoisotopic (exact) mass is 277 g/mol. The average Bonchev–Trinajstić information content (AvgIpc) is 2.53. The number of hydrogen-bond acceptors (Lipinski definition) is 3. The summed E-state index contributed by atoms with van der Waals surface area (Å²) in [6.45, 7) is 6.29. The molecule has 0 bridgehead atoms. The third-order valence-electron chi connectivity index (χ3n) is 3.04. The summed E-state index contributed by atoms with van der Waals surface area (Å²) in [5.41, 5.74) is 2.44. The van der Waals surface area contributed by atoms with Crippen molar-refractivity contribution in [2.45, 2.75) is 13.8 Å². The Balaban J connectivity index is 2.67. The molecule has 3 nitrogen and oxygen atoms in total. The second kappa shape index (κ2) is 9.18. The molecule has 0 aromatic heterocycles. The molecule has 0 N–H and O–H groups in total. The first-order valence-electron chi connectivity index (χ1n) is 6.95. The highest BCUT2D eigenvalue weighted by Gasteiger charge is 1.99. The third kappa shape index (κ3) is 5.38. The lowest BCUT2D eigenvalue weighted by Crippen LogP contribution is -2.21. The fraction of sp³-hybridized carbons (Fsp3) is 0.222. The van der Waals surface area contributed by atoms with Crippen LogP contribution in [-0.2, 0) is 0 Å². The minimum absolute atomic E-state index is 0.100. The molecule has 0 aliphatic rings. The van der Waals surface area contributed by atoms with Crippen LogP contribution in [0.4, 0.5) is 5.69 Å². The molecule has 0 aliphatic carbocycles. The lowest BCUT2D eigenvalue weighted by molar-refractivity contribution is 0.866. The van der Waals surface area contributed by atoms with Crippen LogP contribution in [0.1, 0.15) is 19.4 Å². The maximum absolute atomic E-state index is 8.58. The molecule has 21 heavy (non-hydrogen) atoms. The predicted octanol–water partition coefficient (Wildman–Crippen LogP) is 4.08. The van der Waals surface area contributed by atoms with E-state index in [1.807, 2.05) is 24.3 Å². The molecule has 106 valence electrons. The normalized spacial score (nSPS) is 10.3. The summed E-state index contributed by atoms with van der Waals surface area (Å²) >= 11 is 0. The smallest absolute Gasteiger partial charge is 0.129 e. The van der Waals surface area contributed by atoms with Crippen LogP contribution in [0.5, 0.6) is 0 Å². The molecule has 1 rings (SSSR count). The second-order valence-corrected chi connectivity index (χ2v) is 4.31.